The largest absolute Gasteiger partial charge is 0.496 e. The van der Waals surface area contributed by atoms with Gasteiger partial charge in [-0.2, -0.15) is 0 Å². The first-order valence-electron chi connectivity index (χ1n) is 6.08. The molecule has 0 aliphatic rings. The van der Waals surface area contributed by atoms with Gasteiger partial charge >= 0.3 is 0 Å². The van der Waals surface area contributed by atoms with Crippen LogP contribution in [-0.2, 0) is 4.74 Å². The molecular weight excluding hydrogens is 200 g/mol. The lowest BCUT2D eigenvalue weighted by atomic mass is 10.0. The minimum atomic E-state index is 0.168. The van der Waals surface area contributed by atoms with Crippen LogP contribution in [0.5, 0.6) is 5.75 Å². The Balaban J connectivity index is 2.81. The average Bonchev–Trinajstić information content (AvgIpc) is 2.34. The Morgan fingerprint density at radius 1 is 1.19 bits per heavy atom. The van der Waals surface area contributed by atoms with Gasteiger partial charge in [0.2, 0.25) is 0 Å². The van der Waals surface area contributed by atoms with Crippen molar-refractivity contribution >= 4 is 0 Å². The molecule has 0 saturated heterocycles. The molecule has 1 atom stereocenters. The number of ether oxygens (including phenoxy) is 2. The minimum Gasteiger partial charge on any atom is -0.496 e. The lowest BCUT2D eigenvalue weighted by Gasteiger charge is -2.19. The van der Waals surface area contributed by atoms with Crippen LogP contribution in [0.3, 0.4) is 0 Å². The quantitative estimate of drug-likeness (QED) is 0.695. The summed E-state index contributed by atoms with van der Waals surface area (Å²) in [7, 11) is 1.71. The van der Waals surface area contributed by atoms with E-state index >= 15 is 0 Å². The van der Waals surface area contributed by atoms with Crippen molar-refractivity contribution in [1.82, 2.24) is 0 Å². The number of benzene rings is 1. The lowest BCUT2D eigenvalue weighted by molar-refractivity contribution is 0.0528. The number of unbranched alkanes of at least 4 members (excludes halogenated alkanes) is 1. The topological polar surface area (TPSA) is 18.5 Å². The van der Waals surface area contributed by atoms with E-state index in [2.05, 4.69) is 13.0 Å². The van der Waals surface area contributed by atoms with Crippen LogP contribution in [0.2, 0.25) is 0 Å². The van der Waals surface area contributed by atoms with Crippen LogP contribution in [-0.4, -0.2) is 13.7 Å². The molecule has 0 bridgehead atoms. The molecule has 90 valence electrons. The van der Waals surface area contributed by atoms with Gasteiger partial charge in [-0.3, -0.25) is 0 Å². The summed E-state index contributed by atoms with van der Waals surface area (Å²) < 4.78 is 11.2. The number of para-hydroxylation sites is 1. The van der Waals surface area contributed by atoms with Crippen LogP contribution in [0.15, 0.2) is 24.3 Å². The molecule has 16 heavy (non-hydrogen) atoms. The maximum atomic E-state index is 5.79. The van der Waals surface area contributed by atoms with E-state index in [1.807, 2.05) is 25.1 Å². The SMILES string of the molecule is CCCCC(OCC)c1ccccc1OC. The van der Waals surface area contributed by atoms with E-state index < -0.39 is 0 Å². The van der Waals surface area contributed by atoms with Gasteiger partial charge in [0.05, 0.1) is 13.2 Å². The van der Waals surface area contributed by atoms with Crippen LogP contribution in [0.25, 0.3) is 0 Å². The summed E-state index contributed by atoms with van der Waals surface area (Å²) >= 11 is 0. The van der Waals surface area contributed by atoms with E-state index in [-0.39, 0.29) is 6.10 Å². The Morgan fingerprint density at radius 3 is 2.56 bits per heavy atom. The Kier molecular flexibility index (Phi) is 5.94. The number of rotatable bonds is 7. The van der Waals surface area contributed by atoms with Gasteiger partial charge in [-0.05, 0) is 19.4 Å². The predicted molar refractivity (Wildman–Crippen MR) is 66.9 cm³/mol. The van der Waals surface area contributed by atoms with Crippen LogP contribution in [0, 0.1) is 0 Å². The molecule has 0 saturated carbocycles. The van der Waals surface area contributed by atoms with Gasteiger partial charge in [0.1, 0.15) is 5.75 Å². The highest BCUT2D eigenvalue weighted by atomic mass is 16.5. The molecule has 1 aromatic carbocycles. The van der Waals surface area contributed by atoms with Crippen molar-refractivity contribution in [3.05, 3.63) is 29.8 Å². The normalized spacial score (nSPS) is 12.4. The van der Waals surface area contributed by atoms with E-state index in [1.165, 1.54) is 18.4 Å². The van der Waals surface area contributed by atoms with Gasteiger partial charge in [0.15, 0.2) is 0 Å². The number of hydrogen-bond donors (Lipinski definition) is 0. The van der Waals surface area contributed by atoms with Gasteiger partial charge < -0.3 is 9.47 Å². The van der Waals surface area contributed by atoms with Gasteiger partial charge in [-0.15, -0.1) is 0 Å². The van der Waals surface area contributed by atoms with Crippen LogP contribution < -0.4 is 4.74 Å². The smallest absolute Gasteiger partial charge is 0.124 e. The third kappa shape index (κ3) is 3.53. The Hall–Kier alpha value is -1.02. The number of hydrogen-bond acceptors (Lipinski definition) is 2. The van der Waals surface area contributed by atoms with Gasteiger partial charge in [0, 0.05) is 12.2 Å². The summed E-state index contributed by atoms with van der Waals surface area (Å²) in [5, 5.41) is 0. The molecule has 0 fully saturated rings. The van der Waals surface area contributed by atoms with E-state index in [4.69, 9.17) is 9.47 Å². The zero-order valence-electron chi connectivity index (χ0n) is 10.5. The van der Waals surface area contributed by atoms with Crippen LogP contribution in [0.1, 0.15) is 44.8 Å². The first-order chi connectivity index (χ1) is 7.83. The molecule has 1 rings (SSSR count). The van der Waals surface area contributed by atoms with Crippen molar-refractivity contribution in [2.45, 2.75) is 39.2 Å². The monoisotopic (exact) mass is 222 g/mol. The van der Waals surface area contributed by atoms with Crippen LogP contribution >= 0.6 is 0 Å². The van der Waals surface area contributed by atoms with Crippen molar-refractivity contribution < 1.29 is 9.47 Å². The standard InChI is InChI=1S/C14H22O2/c1-4-6-10-14(16-5-2)12-9-7-8-11-13(12)15-3/h7-9,11,14H,4-6,10H2,1-3H3. The second kappa shape index (κ2) is 7.29. The minimum absolute atomic E-state index is 0.168. The molecule has 0 aromatic heterocycles. The Morgan fingerprint density at radius 2 is 1.94 bits per heavy atom. The summed E-state index contributed by atoms with van der Waals surface area (Å²) in [6, 6.07) is 8.11. The van der Waals surface area contributed by atoms with Crippen molar-refractivity contribution in [3.8, 4) is 5.75 Å². The predicted octanol–water partition coefficient (Wildman–Crippen LogP) is 3.96. The maximum absolute atomic E-state index is 5.79. The van der Waals surface area contributed by atoms with E-state index in [1.54, 1.807) is 7.11 Å². The van der Waals surface area contributed by atoms with Crippen molar-refractivity contribution in [3.63, 3.8) is 0 Å². The fourth-order valence-corrected chi connectivity index (χ4v) is 1.85. The van der Waals surface area contributed by atoms with Gasteiger partial charge in [-0.1, -0.05) is 38.0 Å². The summed E-state index contributed by atoms with van der Waals surface area (Å²) in [6.45, 7) is 4.98. The molecule has 0 spiro atoms. The summed E-state index contributed by atoms with van der Waals surface area (Å²) in [5.41, 5.74) is 1.17. The first kappa shape index (κ1) is 13.0. The fraction of sp³-hybridized carbons (Fsp3) is 0.571. The molecule has 0 amide bonds. The molecule has 1 unspecified atom stereocenters. The van der Waals surface area contributed by atoms with Gasteiger partial charge in [-0.25, -0.2) is 0 Å². The van der Waals surface area contributed by atoms with Crippen LogP contribution in [0.4, 0.5) is 0 Å². The fourth-order valence-electron chi connectivity index (χ4n) is 1.85. The summed E-state index contributed by atoms with van der Waals surface area (Å²) in [5.74, 6) is 0.928. The lowest BCUT2D eigenvalue weighted by Crippen LogP contribution is -2.06. The van der Waals surface area contributed by atoms with Crippen molar-refractivity contribution in [2.75, 3.05) is 13.7 Å². The molecular formula is C14H22O2. The highest BCUT2D eigenvalue weighted by Gasteiger charge is 2.14. The van der Waals surface area contributed by atoms with E-state index in [9.17, 15) is 0 Å². The second-order valence-electron chi connectivity index (χ2n) is 3.83. The molecule has 2 heteroatoms. The molecule has 0 aliphatic heterocycles. The maximum Gasteiger partial charge on any atom is 0.124 e. The summed E-state index contributed by atoms with van der Waals surface area (Å²) in [4.78, 5) is 0. The third-order valence-electron chi connectivity index (χ3n) is 2.67. The zero-order valence-corrected chi connectivity index (χ0v) is 10.5. The Labute approximate surface area is 98.6 Å². The molecule has 1 aromatic rings. The van der Waals surface area contributed by atoms with E-state index in [0.717, 1.165) is 18.8 Å². The molecule has 0 aliphatic carbocycles. The summed E-state index contributed by atoms with van der Waals surface area (Å²) in [6.07, 6.45) is 3.60. The zero-order chi connectivity index (χ0) is 11.8. The van der Waals surface area contributed by atoms with E-state index in [0.29, 0.717) is 0 Å². The Bertz CT molecular complexity index is 297. The molecule has 0 N–H and O–H groups in total. The molecule has 2 nitrogen and oxygen atoms in total. The highest BCUT2D eigenvalue weighted by molar-refractivity contribution is 5.35. The third-order valence-corrected chi connectivity index (χ3v) is 2.67. The molecule has 0 heterocycles. The highest BCUT2D eigenvalue weighted by Crippen LogP contribution is 2.30. The first-order valence-corrected chi connectivity index (χ1v) is 6.08. The number of methoxy groups -OCH3 is 1. The molecule has 0 radical (unpaired) electrons. The average molecular weight is 222 g/mol. The van der Waals surface area contributed by atoms with Gasteiger partial charge in [0.25, 0.3) is 0 Å². The van der Waals surface area contributed by atoms with Crippen molar-refractivity contribution in [1.29, 1.82) is 0 Å². The van der Waals surface area contributed by atoms with Crippen molar-refractivity contribution in [2.24, 2.45) is 0 Å². The second-order valence-corrected chi connectivity index (χ2v) is 3.83.